The van der Waals surface area contributed by atoms with Crippen LogP contribution in [0.5, 0.6) is 0 Å². The number of nitrogens with two attached hydrogens (primary N) is 1. The minimum atomic E-state index is -0.501. The normalized spacial score (nSPS) is 10.8. The summed E-state index contributed by atoms with van der Waals surface area (Å²) in [5.41, 5.74) is 5.55. The van der Waals surface area contributed by atoms with Crippen LogP contribution in [0.3, 0.4) is 0 Å². The summed E-state index contributed by atoms with van der Waals surface area (Å²) in [6.07, 6.45) is 2.16. The smallest absolute Gasteiger partial charge is 0.331 e. The van der Waals surface area contributed by atoms with Gasteiger partial charge in [0.15, 0.2) is 0 Å². The Bertz CT molecular complexity index is 781. The number of anilines is 1. The Morgan fingerprint density at radius 3 is 2.52 bits per heavy atom. The van der Waals surface area contributed by atoms with Gasteiger partial charge in [0, 0.05) is 12.7 Å². The number of nitrogen functional groups attached to an aromatic ring is 1. The molecule has 0 radical (unpaired) electrons. The van der Waals surface area contributed by atoms with Crippen LogP contribution in [0.1, 0.15) is 18.9 Å². The van der Waals surface area contributed by atoms with Crippen molar-refractivity contribution in [1.82, 2.24) is 9.13 Å². The number of benzene rings is 1. The molecule has 0 unspecified atom stereocenters. The molecule has 1 aromatic carbocycles. The highest BCUT2D eigenvalue weighted by Gasteiger charge is 2.10. The van der Waals surface area contributed by atoms with Crippen LogP contribution in [-0.2, 0) is 13.1 Å². The fourth-order valence-electron chi connectivity index (χ4n) is 2.04. The van der Waals surface area contributed by atoms with Crippen molar-refractivity contribution in [2.75, 3.05) is 5.73 Å². The molecule has 0 bridgehead atoms. The van der Waals surface area contributed by atoms with Gasteiger partial charge in [0.05, 0.1) is 16.6 Å². The lowest BCUT2D eigenvalue weighted by molar-refractivity contribution is 0.573. The molecule has 2 N–H and O–H groups in total. The maximum Gasteiger partial charge on any atom is 0.331 e. The van der Waals surface area contributed by atoms with E-state index in [0.29, 0.717) is 22.2 Å². The fraction of sp³-hybridized carbons (Fsp3) is 0.286. The third-order valence-electron chi connectivity index (χ3n) is 3.05. The maximum absolute atomic E-state index is 12.3. The van der Waals surface area contributed by atoms with Crippen LogP contribution in [0.2, 0.25) is 10.0 Å². The van der Waals surface area contributed by atoms with Gasteiger partial charge in [-0.25, -0.2) is 4.79 Å². The second-order valence-electron chi connectivity index (χ2n) is 4.70. The van der Waals surface area contributed by atoms with Crippen LogP contribution in [0, 0.1) is 0 Å². The van der Waals surface area contributed by atoms with Gasteiger partial charge in [0.25, 0.3) is 5.56 Å². The van der Waals surface area contributed by atoms with Crippen molar-refractivity contribution in [2.45, 2.75) is 26.4 Å². The molecular formula is C14H15Cl2N3O2. The molecule has 0 atom stereocenters. The minimum Gasteiger partial charge on any atom is -0.393 e. The molecule has 0 saturated heterocycles. The first-order chi connectivity index (χ1) is 9.93. The molecule has 0 aliphatic carbocycles. The summed E-state index contributed by atoms with van der Waals surface area (Å²) in [5, 5.41) is 0.795. The SMILES string of the molecule is CCCn1cc(N)c(=O)n(Cc2ccc(Cl)c(Cl)c2)c1=O. The summed E-state index contributed by atoms with van der Waals surface area (Å²) >= 11 is 11.8. The highest BCUT2D eigenvalue weighted by Crippen LogP contribution is 2.22. The Hall–Kier alpha value is -1.72. The lowest BCUT2D eigenvalue weighted by Crippen LogP contribution is -2.40. The Morgan fingerprint density at radius 2 is 1.90 bits per heavy atom. The third kappa shape index (κ3) is 3.31. The van der Waals surface area contributed by atoms with Crippen molar-refractivity contribution >= 4 is 28.9 Å². The molecular weight excluding hydrogens is 313 g/mol. The van der Waals surface area contributed by atoms with E-state index in [9.17, 15) is 9.59 Å². The number of hydrogen-bond acceptors (Lipinski definition) is 3. The number of nitrogens with zero attached hydrogens (tertiary/aromatic N) is 2. The molecule has 1 heterocycles. The largest absolute Gasteiger partial charge is 0.393 e. The number of rotatable bonds is 4. The molecule has 7 heteroatoms. The van der Waals surface area contributed by atoms with Crippen molar-refractivity contribution < 1.29 is 0 Å². The Morgan fingerprint density at radius 1 is 1.19 bits per heavy atom. The quantitative estimate of drug-likeness (QED) is 0.937. The van der Waals surface area contributed by atoms with E-state index in [1.165, 1.54) is 10.8 Å². The van der Waals surface area contributed by atoms with Gasteiger partial charge in [0.1, 0.15) is 5.69 Å². The van der Waals surface area contributed by atoms with E-state index in [2.05, 4.69) is 0 Å². The Labute approximate surface area is 131 Å². The summed E-state index contributed by atoms with van der Waals surface area (Å²) < 4.78 is 2.54. The van der Waals surface area contributed by atoms with E-state index in [-0.39, 0.29) is 17.9 Å². The molecule has 0 aliphatic heterocycles. The molecule has 5 nitrogen and oxygen atoms in total. The second kappa shape index (κ2) is 6.37. The molecule has 0 saturated carbocycles. The zero-order chi connectivity index (χ0) is 15.6. The summed E-state index contributed by atoms with van der Waals surface area (Å²) in [5.74, 6) is 0. The number of aryl methyl sites for hydroxylation is 1. The predicted octanol–water partition coefficient (Wildman–Crippen LogP) is 2.36. The van der Waals surface area contributed by atoms with Gasteiger partial charge in [0.2, 0.25) is 0 Å². The van der Waals surface area contributed by atoms with Crippen LogP contribution in [-0.4, -0.2) is 9.13 Å². The molecule has 1 aromatic heterocycles. The van der Waals surface area contributed by atoms with Crippen molar-refractivity contribution in [3.63, 3.8) is 0 Å². The van der Waals surface area contributed by atoms with Gasteiger partial charge in [-0.15, -0.1) is 0 Å². The molecule has 21 heavy (non-hydrogen) atoms. The van der Waals surface area contributed by atoms with Crippen molar-refractivity contribution in [3.05, 3.63) is 60.8 Å². The van der Waals surface area contributed by atoms with Crippen LogP contribution in [0.15, 0.2) is 34.0 Å². The second-order valence-corrected chi connectivity index (χ2v) is 5.51. The van der Waals surface area contributed by atoms with E-state index in [0.717, 1.165) is 11.0 Å². The molecule has 0 spiro atoms. The molecule has 2 rings (SSSR count). The van der Waals surface area contributed by atoms with Crippen molar-refractivity contribution in [1.29, 1.82) is 0 Å². The highest BCUT2D eigenvalue weighted by atomic mass is 35.5. The predicted molar refractivity (Wildman–Crippen MR) is 85.2 cm³/mol. The molecule has 0 amide bonds. The third-order valence-corrected chi connectivity index (χ3v) is 3.79. The Balaban J connectivity index is 2.50. The highest BCUT2D eigenvalue weighted by molar-refractivity contribution is 6.42. The zero-order valence-electron chi connectivity index (χ0n) is 11.5. The van der Waals surface area contributed by atoms with Crippen LogP contribution in [0.4, 0.5) is 5.69 Å². The van der Waals surface area contributed by atoms with Crippen molar-refractivity contribution in [3.8, 4) is 0 Å². The number of hydrogen-bond donors (Lipinski definition) is 1. The first-order valence-corrected chi connectivity index (χ1v) is 7.23. The van der Waals surface area contributed by atoms with Gasteiger partial charge in [-0.2, -0.15) is 0 Å². The van der Waals surface area contributed by atoms with Crippen molar-refractivity contribution in [2.24, 2.45) is 0 Å². The number of halogens is 2. The van der Waals surface area contributed by atoms with Gasteiger partial charge in [-0.3, -0.25) is 13.9 Å². The average Bonchev–Trinajstić information content (AvgIpc) is 2.45. The van der Waals surface area contributed by atoms with E-state index in [4.69, 9.17) is 28.9 Å². The fourth-order valence-corrected chi connectivity index (χ4v) is 2.36. The van der Waals surface area contributed by atoms with Gasteiger partial charge in [-0.1, -0.05) is 36.2 Å². The summed E-state index contributed by atoms with van der Waals surface area (Å²) in [6.45, 7) is 2.55. The minimum absolute atomic E-state index is 0.0445. The van der Waals surface area contributed by atoms with E-state index >= 15 is 0 Å². The van der Waals surface area contributed by atoms with Crippen LogP contribution in [0.25, 0.3) is 0 Å². The van der Waals surface area contributed by atoms with Gasteiger partial charge < -0.3 is 5.73 Å². The number of aromatic nitrogens is 2. The lowest BCUT2D eigenvalue weighted by atomic mass is 10.2. The van der Waals surface area contributed by atoms with Gasteiger partial charge >= 0.3 is 5.69 Å². The standard InChI is InChI=1S/C14H15Cl2N3O2/c1-2-5-18-8-12(17)13(20)19(14(18)21)7-9-3-4-10(15)11(16)6-9/h3-4,6,8H,2,5,7,17H2,1H3. The summed E-state index contributed by atoms with van der Waals surface area (Å²) in [7, 11) is 0. The van der Waals surface area contributed by atoms with Crippen LogP contribution >= 0.6 is 23.2 Å². The van der Waals surface area contributed by atoms with E-state index in [1.807, 2.05) is 6.92 Å². The monoisotopic (exact) mass is 327 g/mol. The average molecular weight is 328 g/mol. The van der Waals surface area contributed by atoms with E-state index in [1.54, 1.807) is 18.2 Å². The molecule has 0 fully saturated rings. The zero-order valence-corrected chi connectivity index (χ0v) is 13.0. The topological polar surface area (TPSA) is 70.0 Å². The summed E-state index contributed by atoms with van der Waals surface area (Å²) in [4.78, 5) is 24.4. The van der Waals surface area contributed by atoms with Gasteiger partial charge in [-0.05, 0) is 24.1 Å². The molecule has 2 aromatic rings. The van der Waals surface area contributed by atoms with Crippen LogP contribution < -0.4 is 17.0 Å². The molecule has 0 aliphatic rings. The Kier molecular flexibility index (Phi) is 4.75. The van der Waals surface area contributed by atoms with E-state index < -0.39 is 5.56 Å². The first-order valence-electron chi connectivity index (χ1n) is 6.47. The maximum atomic E-state index is 12.3. The first kappa shape index (κ1) is 15.7. The summed E-state index contributed by atoms with van der Waals surface area (Å²) in [6, 6.07) is 4.97. The molecule has 112 valence electrons. The lowest BCUT2D eigenvalue weighted by Gasteiger charge is -2.11.